The number of rotatable bonds is 4. The number of nitrogens with zero attached hydrogens (tertiary/aromatic N) is 1. The summed E-state index contributed by atoms with van der Waals surface area (Å²) in [5.74, 6) is 0.267. The fourth-order valence-electron chi connectivity index (χ4n) is 9.08. The second-order valence-electron chi connectivity index (χ2n) is 14.3. The van der Waals surface area contributed by atoms with Crippen molar-refractivity contribution in [3.05, 3.63) is 199 Å². The van der Waals surface area contributed by atoms with E-state index in [2.05, 4.69) is 187 Å². The van der Waals surface area contributed by atoms with Crippen LogP contribution in [0.4, 0.5) is 0 Å². The van der Waals surface area contributed by atoms with Crippen LogP contribution in [0.25, 0.3) is 81.0 Å². The van der Waals surface area contributed by atoms with Gasteiger partial charge in [-0.3, -0.25) is 0 Å². The Balaban J connectivity index is 1.10. The highest BCUT2D eigenvalue weighted by Gasteiger charge is 2.27. The third kappa shape index (κ3) is 4.83. The van der Waals surface area contributed by atoms with Crippen LogP contribution in [0.1, 0.15) is 29.0 Å². The molecule has 0 fully saturated rings. The third-order valence-electron chi connectivity index (χ3n) is 11.4. The Bertz CT molecular complexity index is 3000. The SMILES string of the molecule is c1ccc(-c2cc(C3CCc4cccc(-c5ccc6c(c5)c5ccccc5n6-c5ccccc5)c4-c4ccccc43)cc3c2sc2ccccc23)cc1. The average Bonchev–Trinajstić information content (AvgIpc) is 3.71. The highest BCUT2D eigenvalue weighted by atomic mass is 32.1. The van der Waals surface area contributed by atoms with Gasteiger partial charge in [-0.2, -0.15) is 0 Å². The summed E-state index contributed by atoms with van der Waals surface area (Å²) >= 11 is 1.92. The van der Waals surface area contributed by atoms with Crippen LogP contribution in [-0.4, -0.2) is 4.57 Å². The van der Waals surface area contributed by atoms with Crippen LogP contribution in [0.15, 0.2) is 182 Å². The van der Waals surface area contributed by atoms with E-state index in [0.29, 0.717) is 0 Å². The minimum absolute atomic E-state index is 0.267. The minimum Gasteiger partial charge on any atom is -0.309 e. The predicted octanol–water partition coefficient (Wildman–Crippen LogP) is 14.2. The first-order valence-electron chi connectivity index (χ1n) is 18.6. The van der Waals surface area contributed by atoms with E-state index < -0.39 is 0 Å². The van der Waals surface area contributed by atoms with Crippen molar-refractivity contribution in [2.75, 3.05) is 0 Å². The second-order valence-corrected chi connectivity index (χ2v) is 15.4. The lowest BCUT2D eigenvalue weighted by atomic mass is 9.83. The Labute approximate surface area is 313 Å². The summed E-state index contributed by atoms with van der Waals surface area (Å²) in [6, 6.07) is 67.7. The van der Waals surface area contributed by atoms with Crippen molar-refractivity contribution >= 4 is 53.3 Å². The quantitative estimate of drug-likeness (QED) is 0.173. The Kier molecular flexibility index (Phi) is 6.99. The van der Waals surface area contributed by atoms with Gasteiger partial charge in [-0.25, -0.2) is 0 Å². The van der Waals surface area contributed by atoms with Gasteiger partial charge in [0.25, 0.3) is 0 Å². The van der Waals surface area contributed by atoms with Crippen LogP contribution in [0.3, 0.4) is 0 Å². The molecule has 0 N–H and O–H groups in total. The van der Waals surface area contributed by atoms with E-state index in [4.69, 9.17) is 0 Å². The summed E-state index contributed by atoms with van der Waals surface area (Å²) in [5.41, 5.74) is 15.8. The summed E-state index contributed by atoms with van der Waals surface area (Å²) in [7, 11) is 0. The molecule has 0 aliphatic heterocycles. The maximum absolute atomic E-state index is 2.51. The zero-order valence-electron chi connectivity index (χ0n) is 29.2. The van der Waals surface area contributed by atoms with Gasteiger partial charge in [-0.05, 0) is 111 Å². The standard InChI is InChI=1S/C51H35NS/c1-3-14-33(15-4-1)44-31-36(32-46-42-21-10-12-25-49(42)53-51(44)46)38-28-26-34-16-13-23-39(50(34)43-22-8-7-19-40(38)43)35-27-29-48-45(30-35)41-20-9-11-24-47(41)52(48)37-17-5-2-6-18-37/h1-25,27,29-32,38H,26,28H2. The fourth-order valence-corrected chi connectivity index (χ4v) is 10.3. The summed E-state index contributed by atoms with van der Waals surface area (Å²) in [4.78, 5) is 0. The molecule has 0 radical (unpaired) electrons. The lowest BCUT2D eigenvalue weighted by Gasteiger charge is -2.21. The topological polar surface area (TPSA) is 4.93 Å². The smallest absolute Gasteiger partial charge is 0.0541 e. The number of para-hydroxylation sites is 2. The molecular formula is C51H35NS. The largest absolute Gasteiger partial charge is 0.309 e. The molecule has 1 unspecified atom stereocenters. The van der Waals surface area contributed by atoms with Gasteiger partial charge in [0.1, 0.15) is 0 Å². The molecule has 2 heteroatoms. The van der Waals surface area contributed by atoms with E-state index in [-0.39, 0.29) is 5.92 Å². The van der Waals surface area contributed by atoms with Gasteiger partial charge < -0.3 is 4.57 Å². The van der Waals surface area contributed by atoms with Crippen LogP contribution >= 0.6 is 11.3 Å². The lowest BCUT2D eigenvalue weighted by molar-refractivity contribution is 0.727. The van der Waals surface area contributed by atoms with Crippen LogP contribution in [0, 0.1) is 0 Å². The number of thiophene rings is 1. The van der Waals surface area contributed by atoms with Crippen molar-refractivity contribution in [2.24, 2.45) is 0 Å². The first kappa shape index (κ1) is 30.4. The number of aromatic nitrogens is 1. The first-order chi connectivity index (χ1) is 26.3. The Morgan fingerprint density at radius 3 is 2.08 bits per heavy atom. The number of aryl methyl sites for hydroxylation is 1. The lowest BCUT2D eigenvalue weighted by Crippen LogP contribution is -2.03. The zero-order chi connectivity index (χ0) is 34.9. The zero-order valence-corrected chi connectivity index (χ0v) is 30.0. The highest BCUT2D eigenvalue weighted by Crippen LogP contribution is 2.49. The number of hydrogen-bond acceptors (Lipinski definition) is 1. The molecule has 8 aromatic carbocycles. The Hall–Kier alpha value is -6.22. The fraction of sp³-hybridized carbons (Fsp3) is 0.0588. The van der Waals surface area contributed by atoms with Gasteiger partial charge in [-0.15, -0.1) is 11.3 Å². The number of benzene rings is 8. The van der Waals surface area contributed by atoms with Crippen LogP contribution in [0.2, 0.25) is 0 Å². The molecular weight excluding hydrogens is 659 g/mol. The van der Waals surface area contributed by atoms with Gasteiger partial charge in [0.15, 0.2) is 0 Å². The molecule has 0 spiro atoms. The normalized spacial score (nSPS) is 14.1. The highest BCUT2D eigenvalue weighted by molar-refractivity contribution is 7.26. The maximum atomic E-state index is 2.51. The summed E-state index contributed by atoms with van der Waals surface area (Å²) in [6.45, 7) is 0. The van der Waals surface area contributed by atoms with E-state index >= 15 is 0 Å². The molecule has 0 bridgehead atoms. The minimum atomic E-state index is 0.267. The van der Waals surface area contributed by atoms with Gasteiger partial charge in [0.05, 0.1) is 11.0 Å². The molecule has 2 aromatic heterocycles. The Morgan fingerprint density at radius 2 is 1.19 bits per heavy atom. The summed E-state index contributed by atoms with van der Waals surface area (Å²) in [5, 5.41) is 5.28. The summed E-state index contributed by atoms with van der Waals surface area (Å²) < 4.78 is 5.12. The average molecular weight is 694 g/mol. The van der Waals surface area contributed by atoms with Gasteiger partial charge in [0.2, 0.25) is 0 Å². The van der Waals surface area contributed by atoms with Gasteiger partial charge in [0, 0.05) is 42.6 Å². The van der Waals surface area contributed by atoms with E-state index in [1.54, 1.807) is 0 Å². The number of fused-ring (bicyclic) bond motifs is 9. The molecule has 1 aliphatic rings. The van der Waals surface area contributed by atoms with Gasteiger partial charge >= 0.3 is 0 Å². The molecule has 53 heavy (non-hydrogen) atoms. The monoisotopic (exact) mass is 693 g/mol. The second kappa shape index (κ2) is 12.2. The maximum Gasteiger partial charge on any atom is 0.0541 e. The number of hydrogen-bond donors (Lipinski definition) is 0. The van der Waals surface area contributed by atoms with Crippen molar-refractivity contribution in [1.29, 1.82) is 0 Å². The van der Waals surface area contributed by atoms with Crippen LogP contribution < -0.4 is 0 Å². The van der Waals surface area contributed by atoms with Crippen molar-refractivity contribution in [3.8, 4) is 39.1 Å². The van der Waals surface area contributed by atoms with E-state index in [1.165, 1.54) is 97.7 Å². The van der Waals surface area contributed by atoms with Gasteiger partial charge in [-0.1, -0.05) is 133 Å². The third-order valence-corrected chi connectivity index (χ3v) is 12.7. The van der Waals surface area contributed by atoms with E-state index in [1.807, 2.05) is 11.3 Å². The van der Waals surface area contributed by atoms with Crippen molar-refractivity contribution in [3.63, 3.8) is 0 Å². The van der Waals surface area contributed by atoms with Crippen molar-refractivity contribution < 1.29 is 0 Å². The van der Waals surface area contributed by atoms with Crippen molar-refractivity contribution in [2.45, 2.75) is 18.8 Å². The first-order valence-corrected chi connectivity index (χ1v) is 19.4. The summed E-state index contributed by atoms with van der Waals surface area (Å²) in [6.07, 6.45) is 2.07. The molecule has 250 valence electrons. The molecule has 1 aliphatic carbocycles. The Morgan fingerprint density at radius 1 is 0.472 bits per heavy atom. The van der Waals surface area contributed by atoms with E-state index in [9.17, 15) is 0 Å². The molecule has 1 atom stereocenters. The predicted molar refractivity (Wildman–Crippen MR) is 227 cm³/mol. The van der Waals surface area contributed by atoms with Crippen molar-refractivity contribution in [1.82, 2.24) is 4.57 Å². The molecule has 0 amide bonds. The molecule has 0 saturated carbocycles. The molecule has 2 heterocycles. The molecule has 10 aromatic rings. The van der Waals surface area contributed by atoms with Crippen LogP contribution in [0.5, 0.6) is 0 Å². The molecule has 0 saturated heterocycles. The van der Waals surface area contributed by atoms with E-state index in [0.717, 1.165) is 12.8 Å². The molecule has 11 rings (SSSR count). The van der Waals surface area contributed by atoms with Crippen LogP contribution in [-0.2, 0) is 6.42 Å². The molecule has 1 nitrogen and oxygen atoms in total.